The highest BCUT2D eigenvalue weighted by molar-refractivity contribution is 5.52. The van der Waals surface area contributed by atoms with Gasteiger partial charge in [-0.05, 0) is 54.0 Å². The molecule has 0 fully saturated rings. The highest BCUT2D eigenvalue weighted by Crippen LogP contribution is 2.28. The maximum atomic E-state index is 13.1. The van der Waals surface area contributed by atoms with Crippen LogP contribution < -0.4 is 10.1 Å². The quantitative estimate of drug-likeness (QED) is 0.813. The molecule has 0 saturated carbocycles. The van der Waals surface area contributed by atoms with Gasteiger partial charge in [-0.15, -0.1) is 0 Å². The van der Waals surface area contributed by atoms with Crippen LogP contribution in [0, 0.1) is 5.82 Å². The molecule has 3 heteroatoms. The molecule has 118 valence electrons. The lowest BCUT2D eigenvalue weighted by atomic mass is 10.0. The minimum Gasteiger partial charge on any atom is -0.493 e. The maximum absolute atomic E-state index is 13.1. The van der Waals surface area contributed by atoms with Gasteiger partial charge in [0.05, 0.1) is 6.61 Å². The van der Waals surface area contributed by atoms with Gasteiger partial charge >= 0.3 is 0 Å². The van der Waals surface area contributed by atoms with E-state index >= 15 is 0 Å². The molecular weight excluding hydrogens is 289 g/mol. The molecule has 1 atom stereocenters. The Kier molecular flexibility index (Phi) is 4.47. The Morgan fingerprint density at radius 2 is 2.17 bits per heavy atom. The second kappa shape index (κ2) is 6.69. The van der Waals surface area contributed by atoms with Crippen molar-refractivity contribution >= 4 is 6.08 Å². The summed E-state index contributed by atoms with van der Waals surface area (Å²) in [5.74, 6) is 0.755. The second-order valence-electron chi connectivity index (χ2n) is 5.75. The number of rotatable bonds is 5. The number of halogens is 1. The molecule has 1 unspecified atom stereocenters. The van der Waals surface area contributed by atoms with Gasteiger partial charge in [0.2, 0.25) is 0 Å². The Bertz CT molecular complexity index is 751. The van der Waals surface area contributed by atoms with Gasteiger partial charge < -0.3 is 10.1 Å². The van der Waals surface area contributed by atoms with Crippen molar-refractivity contribution in [2.45, 2.75) is 19.4 Å². The van der Waals surface area contributed by atoms with Crippen LogP contribution in [0.2, 0.25) is 0 Å². The van der Waals surface area contributed by atoms with Crippen molar-refractivity contribution in [3.05, 3.63) is 83.3 Å². The van der Waals surface area contributed by atoms with E-state index in [1.807, 2.05) is 24.3 Å². The van der Waals surface area contributed by atoms with E-state index in [-0.39, 0.29) is 11.9 Å². The Morgan fingerprint density at radius 3 is 3.00 bits per heavy atom. The summed E-state index contributed by atoms with van der Waals surface area (Å²) in [4.78, 5) is 0. The van der Waals surface area contributed by atoms with Crippen LogP contribution in [0.5, 0.6) is 5.75 Å². The van der Waals surface area contributed by atoms with Crippen molar-refractivity contribution in [2.75, 3.05) is 6.61 Å². The lowest BCUT2D eigenvalue weighted by Gasteiger charge is -2.16. The molecule has 0 aliphatic carbocycles. The standard InChI is InChI=1S/C20H20FNO/c1-14(6-7-16-4-3-5-19(21)12-16)22-15(2)17-8-9-20-18(13-17)10-11-23-20/h3-9,12-13,15,22H,1,10-11H2,2H3/b7-6+. The molecule has 0 aromatic heterocycles. The fourth-order valence-corrected chi connectivity index (χ4v) is 2.69. The summed E-state index contributed by atoms with van der Waals surface area (Å²) in [6.45, 7) is 6.88. The summed E-state index contributed by atoms with van der Waals surface area (Å²) in [6.07, 6.45) is 4.68. The number of benzene rings is 2. The van der Waals surface area contributed by atoms with Gasteiger partial charge in [0, 0.05) is 18.2 Å². The fourth-order valence-electron chi connectivity index (χ4n) is 2.69. The molecule has 1 N–H and O–H groups in total. The first kappa shape index (κ1) is 15.3. The first-order valence-electron chi connectivity index (χ1n) is 7.76. The summed E-state index contributed by atoms with van der Waals surface area (Å²) >= 11 is 0. The fraction of sp³-hybridized carbons (Fsp3) is 0.200. The zero-order valence-electron chi connectivity index (χ0n) is 13.2. The first-order valence-corrected chi connectivity index (χ1v) is 7.76. The van der Waals surface area contributed by atoms with Crippen LogP contribution in [-0.4, -0.2) is 6.61 Å². The van der Waals surface area contributed by atoms with Crippen molar-refractivity contribution in [2.24, 2.45) is 0 Å². The van der Waals surface area contributed by atoms with E-state index in [0.29, 0.717) is 0 Å². The van der Waals surface area contributed by atoms with E-state index in [0.717, 1.165) is 30.0 Å². The molecule has 0 bridgehead atoms. The van der Waals surface area contributed by atoms with Gasteiger partial charge in [0.15, 0.2) is 0 Å². The maximum Gasteiger partial charge on any atom is 0.123 e. The summed E-state index contributed by atoms with van der Waals surface area (Å²) in [7, 11) is 0. The number of ether oxygens (including phenoxy) is 1. The second-order valence-corrected chi connectivity index (χ2v) is 5.75. The molecule has 1 heterocycles. The van der Waals surface area contributed by atoms with Gasteiger partial charge in [-0.1, -0.05) is 30.9 Å². The normalized spacial score (nSPS) is 14.3. The average Bonchev–Trinajstić information content (AvgIpc) is 3.00. The third-order valence-electron chi connectivity index (χ3n) is 3.94. The van der Waals surface area contributed by atoms with Crippen LogP contribution in [-0.2, 0) is 6.42 Å². The summed E-state index contributed by atoms with van der Waals surface area (Å²) in [5.41, 5.74) is 4.07. The average molecular weight is 309 g/mol. The van der Waals surface area contributed by atoms with Crippen molar-refractivity contribution in [3.63, 3.8) is 0 Å². The van der Waals surface area contributed by atoms with Gasteiger partial charge in [0.25, 0.3) is 0 Å². The van der Waals surface area contributed by atoms with E-state index in [1.54, 1.807) is 6.07 Å². The smallest absolute Gasteiger partial charge is 0.123 e. The van der Waals surface area contributed by atoms with Gasteiger partial charge in [-0.25, -0.2) is 4.39 Å². The van der Waals surface area contributed by atoms with Gasteiger partial charge in [0.1, 0.15) is 11.6 Å². The molecule has 1 aliphatic heterocycles. The highest BCUT2D eigenvalue weighted by atomic mass is 19.1. The van der Waals surface area contributed by atoms with Crippen LogP contribution >= 0.6 is 0 Å². The molecule has 0 spiro atoms. The molecule has 2 nitrogen and oxygen atoms in total. The van der Waals surface area contributed by atoms with Gasteiger partial charge in [-0.2, -0.15) is 0 Å². The number of fused-ring (bicyclic) bond motifs is 1. The lowest BCUT2D eigenvalue weighted by molar-refractivity contribution is 0.357. The lowest BCUT2D eigenvalue weighted by Crippen LogP contribution is -2.16. The predicted octanol–water partition coefficient (Wildman–Crippen LogP) is 4.64. The topological polar surface area (TPSA) is 21.3 Å². The molecule has 23 heavy (non-hydrogen) atoms. The summed E-state index contributed by atoms with van der Waals surface area (Å²) in [6, 6.07) is 12.9. The monoisotopic (exact) mass is 309 g/mol. The molecule has 2 aromatic carbocycles. The van der Waals surface area contributed by atoms with E-state index < -0.39 is 0 Å². The Morgan fingerprint density at radius 1 is 1.30 bits per heavy atom. The van der Waals surface area contributed by atoms with Gasteiger partial charge in [-0.3, -0.25) is 0 Å². The van der Waals surface area contributed by atoms with Crippen molar-refractivity contribution in [1.29, 1.82) is 0 Å². The number of nitrogens with one attached hydrogen (secondary N) is 1. The van der Waals surface area contributed by atoms with Crippen molar-refractivity contribution in [1.82, 2.24) is 5.32 Å². The molecule has 1 aliphatic rings. The van der Waals surface area contributed by atoms with Crippen LogP contribution in [0.4, 0.5) is 4.39 Å². The SMILES string of the molecule is C=C(/C=C/c1cccc(F)c1)NC(C)c1ccc2c(c1)CCO2. The number of allylic oxidation sites excluding steroid dienone is 1. The minimum atomic E-state index is -0.237. The van der Waals surface area contributed by atoms with E-state index in [4.69, 9.17) is 4.74 Å². The van der Waals surface area contributed by atoms with Crippen LogP contribution in [0.25, 0.3) is 6.08 Å². The third kappa shape index (κ3) is 3.81. The Hall–Kier alpha value is -2.55. The van der Waals surface area contributed by atoms with Crippen molar-refractivity contribution < 1.29 is 9.13 Å². The molecule has 0 amide bonds. The molecule has 3 rings (SSSR count). The first-order chi connectivity index (χ1) is 11.1. The van der Waals surface area contributed by atoms with Crippen molar-refractivity contribution in [3.8, 4) is 5.75 Å². The zero-order valence-corrected chi connectivity index (χ0v) is 13.2. The third-order valence-corrected chi connectivity index (χ3v) is 3.94. The zero-order chi connectivity index (χ0) is 16.2. The molecule has 0 saturated heterocycles. The van der Waals surface area contributed by atoms with Crippen LogP contribution in [0.3, 0.4) is 0 Å². The Labute approximate surface area is 136 Å². The summed E-state index contributed by atoms with van der Waals surface area (Å²) < 4.78 is 18.7. The highest BCUT2D eigenvalue weighted by Gasteiger charge is 2.14. The molecular formula is C20H20FNO. The molecule has 2 aromatic rings. The van der Waals surface area contributed by atoms with Crippen LogP contribution in [0.15, 0.2) is 60.8 Å². The van der Waals surface area contributed by atoms with E-state index in [2.05, 4.69) is 31.0 Å². The minimum absolute atomic E-state index is 0.144. The summed E-state index contributed by atoms with van der Waals surface area (Å²) in [5, 5.41) is 3.36. The molecule has 0 radical (unpaired) electrons. The number of hydrogen-bond donors (Lipinski definition) is 1. The Balaban J connectivity index is 1.63. The number of hydrogen-bond acceptors (Lipinski definition) is 2. The largest absolute Gasteiger partial charge is 0.493 e. The van der Waals surface area contributed by atoms with E-state index in [9.17, 15) is 4.39 Å². The van der Waals surface area contributed by atoms with E-state index in [1.165, 1.54) is 23.3 Å². The van der Waals surface area contributed by atoms with Crippen LogP contribution in [0.1, 0.15) is 29.7 Å². The predicted molar refractivity (Wildman–Crippen MR) is 91.8 cm³/mol.